The highest BCUT2D eigenvalue weighted by atomic mass is 32.2. The second-order valence-corrected chi connectivity index (χ2v) is 6.98. The summed E-state index contributed by atoms with van der Waals surface area (Å²) in [5.74, 6) is -1.29. The van der Waals surface area contributed by atoms with E-state index >= 15 is 0 Å². The predicted octanol–water partition coefficient (Wildman–Crippen LogP) is 2.44. The fourth-order valence-corrected chi connectivity index (χ4v) is 3.67. The summed E-state index contributed by atoms with van der Waals surface area (Å²) in [4.78, 5) is 11.4. The topological polar surface area (TPSA) is 74.7 Å². The molecule has 1 rings (SSSR count). The third-order valence-corrected chi connectivity index (χ3v) is 5.39. The summed E-state index contributed by atoms with van der Waals surface area (Å²) < 4.78 is 26.0. The molecule has 0 aliphatic rings. The monoisotopic (exact) mass is 313 g/mol. The Morgan fingerprint density at radius 3 is 2.00 bits per heavy atom. The Hall–Kier alpha value is -1.56. The van der Waals surface area contributed by atoms with Crippen LogP contribution < -0.4 is 4.31 Å². The number of carboxylic acid groups (broad SMARTS) is 1. The molecule has 1 N–H and O–H groups in total. The van der Waals surface area contributed by atoms with Crippen molar-refractivity contribution in [2.45, 2.75) is 46.6 Å². The first-order valence-electron chi connectivity index (χ1n) is 7.15. The maximum atomic E-state index is 12.4. The van der Waals surface area contributed by atoms with Gasteiger partial charge in [0.05, 0.1) is 11.4 Å². The lowest BCUT2D eigenvalue weighted by molar-refractivity contribution is -0.137. The molecule has 118 valence electrons. The van der Waals surface area contributed by atoms with Crippen LogP contribution in [0.4, 0.5) is 5.69 Å². The molecule has 1 aromatic carbocycles. The van der Waals surface area contributed by atoms with Gasteiger partial charge in [0, 0.05) is 0 Å². The Kier molecular flexibility index (Phi) is 5.78. The van der Waals surface area contributed by atoms with Crippen LogP contribution in [0.3, 0.4) is 0 Å². The highest BCUT2D eigenvalue weighted by molar-refractivity contribution is 7.92. The quantitative estimate of drug-likeness (QED) is 0.839. The molecule has 6 heteroatoms. The van der Waals surface area contributed by atoms with E-state index in [1.807, 2.05) is 32.0 Å². The number of sulfonamides is 1. The molecule has 0 spiro atoms. The standard InChI is InChI=1S/C15H23NO4S/c1-5-12-9-8-10-13(6-2)14(12)16(11(4)15(17)18)21(19,20)7-3/h8-11H,5-7H2,1-4H3,(H,17,18). The van der Waals surface area contributed by atoms with Crippen molar-refractivity contribution >= 4 is 21.7 Å². The van der Waals surface area contributed by atoms with Crippen LogP contribution >= 0.6 is 0 Å². The molecule has 0 aromatic heterocycles. The van der Waals surface area contributed by atoms with Crippen LogP contribution in [-0.4, -0.2) is 31.3 Å². The summed E-state index contributed by atoms with van der Waals surface area (Å²) in [5, 5.41) is 9.29. The summed E-state index contributed by atoms with van der Waals surface area (Å²) in [6.07, 6.45) is 1.29. The fourth-order valence-electron chi connectivity index (χ4n) is 2.31. The zero-order chi connectivity index (χ0) is 16.2. The van der Waals surface area contributed by atoms with Crippen molar-refractivity contribution in [2.24, 2.45) is 0 Å². The van der Waals surface area contributed by atoms with E-state index in [4.69, 9.17) is 0 Å². The van der Waals surface area contributed by atoms with Crippen LogP contribution in [0.2, 0.25) is 0 Å². The van der Waals surface area contributed by atoms with E-state index in [9.17, 15) is 18.3 Å². The van der Waals surface area contributed by atoms with Gasteiger partial charge in [0.25, 0.3) is 0 Å². The van der Waals surface area contributed by atoms with Crippen LogP contribution in [-0.2, 0) is 27.7 Å². The number of carboxylic acids is 1. The molecule has 0 amide bonds. The lowest BCUT2D eigenvalue weighted by atomic mass is 10.0. The van der Waals surface area contributed by atoms with Crippen LogP contribution in [0.15, 0.2) is 18.2 Å². The second-order valence-electron chi connectivity index (χ2n) is 4.84. The van der Waals surface area contributed by atoms with Crippen molar-refractivity contribution in [3.63, 3.8) is 0 Å². The van der Waals surface area contributed by atoms with Crippen LogP contribution in [0.5, 0.6) is 0 Å². The summed E-state index contributed by atoms with van der Waals surface area (Å²) in [6, 6.07) is 4.44. The number of anilines is 1. The molecule has 0 saturated heterocycles. The van der Waals surface area contributed by atoms with E-state index in [0.717, 1.165) is 15.4 Å². The highest BCUT2D eigenvalue weighted by Crippen LogP contribution is 2.31. The molecule has 5 nitrogen and oxygen atoms in total. The molecule has 0 radical (unpaired) electrons. The minimum Gasteiger partial charge on any atom is -0.480 e. The van der Waals surface area contributed by atoms with Gasteiger partial charge in [-0.2, -0.15) is 0 Å². The average Bonchev–Trinajstić information content (AvgIpc) is 2.46. The van der Waals surface area contributed by atoms with Crippen molar-refractivity contribution in [2.75, 3.05) is 10.1 Å². The number of hydrogen-bond donors (Lipinski definition) is 1. The lowest BCUT2D eigenvalue weighted by Gasteiger charge is -2.31. The van der Waals surface area contributed by atoms with Gasteiger partial charge in [-0.05, 0) is 37.8 Å². The molecule has 1 atom stereocenters. The van der Waals surface area contributed by atoms with Crippen molar-refractivity contribution < 1.29 is 18.3 Å². The molecule has 0 saturated carbocycles. The molecule has 0 bridgehead atoms. The van der Waals surface area contributed by atoms with E-state index in [1.54, 1.807) is 0 Å². The molecule has 21 heavy (non-hydrogen) atoms. The Balaban J connectivity index is 3.65. The van der Waals surface area contributed by atoms with Gasteiger partial charge < -0.3 is 5.11 Å². The zero-order valence-corrected chi connectivity index (χ0v) is 13.8. The second kappa shape index (κ2) is 6.93. The minimum atomic E-state index is -3.67. The van der Waals surface area contributed by atoms with E-state index in [-0.39, 0.29) is 5.75 Å². The van der Waals surface area contributed by atoms with Gasteiger partial charge in [0.1, 0.15) is 6.04 Å². The number of aliphatic carboxylic acids is 1. The van der Waals surface area contributed by atoms with Gasteiger partial charge in [0.15, 0.2) is 0 Å². The van der Waals surface area contributed by atoms with E-state index in [2.05, 4.69) is 0 Å². The maximum absolute atomic E-state index is 12.4. The predicted molar refractivity (Wildman–Crippen MR) is 84.2 cm³/mol. The number of aryl methyl sites for hydroxylation is 2. The van der Waals surface area contributed by atoms with Gasteiger partial charge in [0.2, 0.25) is 10.0 Å². The molecule has 0 aliphatic heterocycles. The Morgan fingerprint density at radius 2 is 1.67 bits per heavy atom. The minimum absolute atomic E-state index is 0.133. The number of para-hydroxylation sites is 1. The largest absolute Gasteiger partial charge is 0.480 e. The molecule has 0 aliphatic carbocycles. The molecular formula is C15H23NO4S. The average molecular weight is 313 g/mol. The third-order valence-electron chi connectivity index (χ3n) is 3.56. The van der Waals surface area contributed by atoms with Crippen LogP contribution in [0.1, 0.15) is 38.8 Å². The Labute approximate surface area is 126 Å². The van der Waals surface area contributed by atoms with Crippen molar-refractivity contribution in [1.29, 1.82) is 0 Å². The lowest BCUT2D eigenvalue weighted by Crippen LogP contribution is -2.45. The van der Waals surface area contributed by atoms with Gasteiger partial charge in [-0.25, -0.2) is 13.2 Å². The van der Waals surface area contributed by atoms with E-state index < -0.39 is 22.0 Å². The first kappa shape index (κ1) is 17.5. The van der Waals surface area contributed by atoms with Crippen molar-refractivity contribution in [3.8, 4) is 0 Å². The summed E-state index contributed by atoms with van der Waals surface area (Å²) in [5.41, 5.74) is 2.22. The van der Waals surface area contributed by atoms with Crippen LogP contribution in [0, 0.1) is 0 Å². The maximum Gasteiger partial charge on any atom is 0.327 e. The molecule has 0 heterocycles. The van der Waals surface area contributed by atoms with Crippen molar-refractivity contribution in [3.05, 3.63) is 29.3 Å². The molecule has 1 unspecified atom stereocenters. The van der Waals surface area contributed by atoms with E-state index in [0.29, 0.717) is 18.5 Å². The number of benzene rings is 1. The SMILES string of the molecule is CCc1cccc(CC)c1N(C(C)C(=O)O)S(=O)(=O)CC. The smallest absolute Gasteiger partial charge is 0.327 e. The Morgan fingerprint density at radius 1 is 1.19 bits per heavy atom. The summed E-state index contributed by atoms with van der Waals surface area (Å²) in [7, 11) is -3.67. The van der Waals surface area contributed by atoms with Gasteiger partial charge in [-0.3, -0.25) is 4.31 Å². The van der Waals surface area contributed by atoms with Gasteiger partial charge >= 0.3 is 5.97 Å². The fraction of sp³-hybridized carbons (Fsp3) is 0.533. The summed E-state index contributed by atoms with van der Waals surface area (Å²) >= 11 is 0. The van der Waals surface area contributed by atoms with Gasteiger partial charge in [-0.15, -0.1) is 0 Å². The highest BCUT2D eigenvalue weighted by Gasteiger charge is 2.33. The molecule has 1 aromatic rings. The molecular weight excluding hydrogens is 290 g/mol. The Bertz CT molecular complexity index is 588. The van der Waals surface area contributed by atoms with Crippen molar-refractivity contribution in [1.82, 2.24) is 0 Å². The number of nitrogens with zero attached hydrogens (tertiary/aromatic N) is 1. The number of carbonyl (C=O) groups is 1. The van der Waals surface area contributed by atoms with E-state index in [1.165, 1.54) is 13.8 Å². The van der Waals surface area contributed by atoms with Gasteiger partial charge in [-0.1, -0.05) is 32.0 Å². The van der Waals surface area contributed by atoms with Crippen LogP contribution in [0.25, 0.3) is 0 Å². The number of rotatable bonds is 7. The normalized spacial score (nSPS) is 13.0. The molecule has 0 fully saturated rings. The first-order valence-corrected chi connectivity index (χ1v) is 8.76. The number of hydrogen-bond acceptors (Lipinski definition) is 3. The first-order chi connectivity index (χ1) is 9.80. The zero-order valence-electron chi connectivity index (χ0n) is 13.0. The summed E-state index contributed by atoms with van der Waals surface area (Å²) in [6.45, 7) is 6.79. The third kappa shape index (κ3) is 3.56.